The predicted molar refractivity (Wildman–Crippen MR) is 104 cm³/mol. The van der Waals surface area contributed by atoms with Gasteiger partial charge in [0.1, 0.15) is 6.61 Å². The number of carbonyl (C=O) groups is 2. The maximum absolute atomic E-state index is 12.7. The first-order valence-electron chi connectivity index (χ1n) is 9.90. The number of hydrogen-bond donors (Lipinski definition) is 0. The van der Waals surface area contributed by atoms with Crippen molar-refractivity contribution in [1.82, 2.24) is 0 Å². The Bertz CT molecular complexity index is 561. The van der Waals surface area contributed by atoms with Crippen LogP contribution in [-0.4, -0.2) is 18.5 Å². The second-order valence-electron chi connectivity index (χ2n) is 6.90. The average Bonchev–Trinajstić information content (AvgIpc) is 2.64. The molecule has 26 heavy (non-hydrogen) atoms. The third-order valence-electron chi connectivity index (χ3n) is 4.92. The van der Waals surface area contributed by atoms with Gasteiger partial charge < -0.3 is 9.47 Å². The molecule has 0 radical (unpaired) electrons. The fraction of sp³-hybridized carbons (Fsp3) is 0.636. The molecule has 0 spiro atoms. The molecular weight excluding hydrogens is 328 g/mol. The Balaban J connectivity index is 2.59. The highest BCUT2D eigenvalue weighted by molar-refractivity contribution is 5.99. The lowest BCUT2D eigenvalue weighted by atomic mass is 9.82. The van der Waals surface area contributed by atoms with Crippen LogP contribution in [-0.2, 0) is 25.7 Å². The average molecular weight is 363 g/mol. The SMILES string of the molecule is CCCCCCCOC(=O)C(CC)(CC)C(=O)OCc1cccc(C)c1. The molecule has 0 aliphatic heterocycles. The molecule has 0 fully saturated rings. The normalized spacial score (nSPS) is 11.2. The van der Waals surface area contributed by atoms with E-state index in [0.717, 1.165) is 30.4 Å². The highest BCUT2D eigenvalue weighted by Crippen LogP contribution is 2.30. The first kappa shape index (κ1) is 22.2. The molecule has 1 aromatic carbocycles. The monoisotopic (exact) mass is 362 g/mol. The van der Waals surface area contributed by atoms with Crippen LogP contribution in [0.3, 0.4) is 0 Å². The molecule has 0 aliphatic rings. The Labute approximate surface area is 158 Å². The summed E-state index contributed by atoms with van der Waals surface area (Å²) in [5, 5.41) is 0. The van der Waals surface area contributed by atoms with E-state index < -0.39 is 17.4 Å². The summed E-state index contributed by atoms with van der Waals surface area (Å²) in [5.41, 5.74) is 0.829. The summed E-state index contributed by atoms with van der Waals surface area (Å²) in [6, 6.07) is 7.81. The summed E-state index contributed by atoms with van der Waals surface area (Å²) < 4.78 is 10.9. The Hall–Kier alpha value is -1.84. The van der Waals surface area contributed by atoms with Crippen LogP contribution in [0.5, 0.6) is 0 Å². The molecule has 0 aromatic heterocycles. The van der Waals surface area contributed by atoms with Crippen molar-refractivity contribution in [2.45, 2.75) is 79.2 Å². The van der Waals surface area contributed by atoms with Gasteiger partial charge in [-0.2, -0.15) is 0 Å². The summed E-state index contributed by atoms with van der Waals surface area (Å²) in [7, 11) is 0. The number of ether oxygens (including phenoxy) is 2. The van der Waals surface area contributed by atoms with Crippen molar-refractivity contribution in [1.29, 1.82) is 0 Å². The molecule has 4 heteroatoms. The first-order valence-corrected chi connectivity index (χ1v) is 9.90. The third-order valence-corrected chi connectivity index (χ3v) is 4.92. The lowest BCUT2D eigenvalue weighted by Crippen LogP contribution is -2.41. The van der Waals surface area contributed by atoms with Crippen LogP contribution < -0.4 is 0 Å². The zero-order valence-corrected chi connectivity index (χ0v) is 16.8. The van der Waals surface area contributed by atoms with E-state index in [0.29, 0.717) is 19.4 Å². The van der Waals surface area contributed by atoms with Gasteiger partial charge in [0.15, 0.2) is 5.41 Å². The van der Waals surface area contributed by atoms with E-state index in [1.54, 1.807) is 0 Å². The van der Waals surface area contributed by atoms with Crippen molar-refractivity contribution in [3.8, 4) is 0 Å². The highest BCUT2D eigenvalue weighted by atomic mass is 16.6. The zero-order valence-electron chi connectivity index (χ0n) is 16.8. The molecule has 0 atom stereocenters. The maximum atomic E-state index is 12.7. The second kappa shape index (κ2) is 11.7. The minimum Gasteiger partial charge on any atom is -0.465 e. The van der Waals surface area contributed by atoms with Crippen LogP contribution >= 0.6 is 0 Å². The first-order chi connectivity index (χ1) is 12.5. The number of benzene rings is 1. The van der Waals surface area contributed by atoms with Crippen molar-refractivity contribution in [3.63, 3.8) is 0 Å². The molecule has 0 aliphatic carbocycles. The lowest BCUT2D eigenvalue weighted by molar-refractivity contribution is -0.174. The molecule has 1 rings (SSSR count). The molecule has 4 nitrogen and oxygen atoms in total. The van der Waals surface area contributed by atoms with Gasteiger partial charge >= 0.3 is 11.9 Å². The summed E-state index contributed by atoms with van der Waals surface area (Å²) in [4.78, 5) is 25.3. The van der Waals surface area contributed by atoms with E-state index in [9.17, 15) is 9.59 Å². The number of hydrogen-bond acceptors (Lipinski definition) is 4. The quantitative estimate of drug-likeness (QED) is 0.285. The van der Waals surface area contributed by atoms with E-state index in [1.165, 1.54) is 12.8 Å². The fourth-order valence-electron chi connectivity index (χ4n) is 3.01. The molecule has 0 N–H and O–H groups in total. The van der Waals surface area contributed by atoms with E-state index in [1.807, 2.05) is 45.0 Å². The maximum Gasteiger partial charge on any atom is 0.323 e. The van der Waals surface area contributed by atoms with Crippen molar-refractivity contribution >= 4 is 11.9 Å². The Morgan fingerprint density at radius 1 is 0.923 bits per heavy atom. The molecular formula is C22H34O4. The predicted octanol–water partition coefficient (Wildman–Crippen LogP) is 5.36. The Morgan fingerprint density at radius 3 is 2.19 bits per heavy atom. The zero-order chi connectivity index (χ0) is 19.4. The van der Waals surface area contributed by atoms with Crippen LogP contribution in [0.1, 0.15) is 76.8 Å². The van der Waals surface area contributed by atoms with Gasteiger partial charge in [-0.25, -0.2) is 0 Å². The molecule has 0 saturated heterocycles. The van der Waals surface area contributed by atoms with Gasteiger partial charge in [-0.05, 0) is 31.7 Å². The summed E-state index contributed by atoms with van der Waals surface area (Å²) in [5.74, 6) is -0.938. The number of rotatable bonds is 12. The molecule has 0 bridgehead atoms. The van der Waals surface area contributed by atoms with E-state index in [2.05, 4.69) is 6.92 Å². The standard InChI is InChI=1S/C22H34O4/c1-5-8-9-10-11-15-25-20(23)22(6-2,7-3)21(24)26-17-19-14-12-13-18(4)16-19/h12-14,16H,5-11,15,17H2,1-4H3. The molecule has 146 valence electrons. The second-order valence-corrected chi connectivity index (χ2v) is 6.90. The summed E-state index contributed by atoms with van der Waals surface area (Å²) >= 11 is 0. The van der Waals surface area contributed by atoms with Gasteiger partial charge in [-0.15, -0.1) is 0 Å². The molecule has 0 unspecified atom stereocenters. The number of carbonyl (C=O) groups excluding carboxylic acids is 2. The molecule has 0 heterocycles. The van der Waals surface area contributed by atoms with Crippen molar-refractivity contribution in [2.75, 3.05) is 6.61 Å². The molecule has 1 aromatic rings. The highest BCUT2D eigenvalue weighted by Gasteiger charge is 2.45. The van der Waals surface area contributed by atoms with Crippen LogP contribution in [0.15, 0.2) is 24.3 Å². The van der Waals surface area contributed by atoms with Crippen molar-refractivity contribution in [2.24, 2.45) is 5.41 Å². The Kier molecular flexibility index (Phi) is 10.0. The largest absolute Gasteiger partial charge is 0.465 e. The Morgan fingerprint density at radius 2 is 1.58 bits per heavy atom. The smallest absolute Gasteiger partial charge is 0.323 e. The summed E-state index contributed by atoms with van der Waals surface area (Å²) in [6.07, 6.45) is 6.18. The van der Waals surface area contributed by atoms with Crippen molar-refractivity contribution in [3.05, 3.63) is 35.4 Å². The van der Waals surface area contributed by atoms with E-state index in [-0.39, 0.29) is 6.61 Å². The minimum absolute atomic E-state index is 0.173. The van der Waals surface area contributed by atoms with Crippen LogP contribution in [0.2, 0.25) is 0 Å². The topological polar surface area (TPSA) is 52.6 Å². The van der Waals surface area contributed by atoms with Gasteiger partial charge in [-0.1, -0.05) is 76.3 Å². The van der Waals surface area contributed by atoms with Crippen LogP contribution in [0, 0.1) is 12.3 Å². The lowest BCUT2D eigenvalue weighted by Gasteiger charge is -2.27. The fourth-order valence-corrected chi connectivity index (χ4v) is 3.01. The number of unbranched alkanes of at least 4 members (excludes halogenated alkanes) is 4. The molecule has 0 amide bonds. The molecule has 0 saturated carbocycles. The van der Waals surface area contributed by atoms with Gasteiger partial charge in [0.05, 0.1) is 6.61 Å². The number of esters is 2. The van der Waals surface area contributed by atoms with Gasteiger partial charge in [0.25, 0.3) is 0 Å². The van der Waals surface area contributed by atoms with E-state index in [4.69, 9.17) is 9.47 Å². The number of aryl methyl sites for hydroxylation is 1. The van der Waals surface area contributed by atoms with Crippen molar-refractivity contribution < 1.29 is 19.1 Å². The van der Waals surface area contributed by atoms with Gasteiger partial charge in [0.2, 0.25) is 0 Å². The van der Waals surface area contributed by atoms with E-state index >= 15 is 0 Å². The third kappa shape index (κ3) is 6.47. The minimum atomic E-state index is -1.20. The van der Waals surface area contributed by atoms with Crippen LogP contribution in [0.4, 0.5) is 0 Å². The van der Waals surface area contributed by atoms with Gasteiger partial charge in [0, 0.05) is 0 Å². The summed E-state index contributed by atoms with van der Waals surface area (Å²) in [6.45, 7) is 8.37. The van der Waals surface area contributed by atoms with Crippen LogP contribution in [0.25, 0.3) is 0 Å². The van der Waals surface area contributed by atoms with Gasteiger partial charge in [-0.3, -0.25) is 9.59 Å².